The Kier molecular flexibility index (Phi) is 1.32. The molecule has 2 aromatic heterocycles. The molecule has 0 bridgehead atoms. The zero-order valence-corrected chi connectivity index (χ0v) is 6.63. The molecule has 55 valence electrons. The number of aromatic nitrogens is 3. The third-order valence-electron chi connectivity index (χ3n) is 1.45. The first-order chi connectivity index (χ1) is 5.27. The molecule has 3 nitrogen and oxygen atoms in total. The standard InChI is InChI=1S/C7H5ClN3/c1-5-2-3-6-7(10-5)9-4-11(6)8/h2-3H,1H3. The van der Waals surface area contributed by atoms with Crippen LogP contribution in [0.25, 0.3) is 11.2 Å². The molecular weight excluding hydrogens is 162 g/mol. The van der Waals surface area contributed by atoms with E-state index in [4.69, 9.17) is 11.8 Å². The van der Waals surface area contributed by atoms with Crippen molar-refractivity contribution in [1.82, 2.24) is 14.1 Å². The highest BCUT2D eigenvalue weighted by molar-refractivity contribution is 6.18. The van der Waals surface area contributed by atoms with Crippen molar-refractivity contribution in [2.24, 2.45) is 0 Å². The Morgan fingerprint density at radius 1 is 1.55 bits per heavy atom. The topological polar surface area (TPSA) is 30.7 Å². The number of halogens is 1. The first kappa shape index (κ1) is 6.61. The average molecular weight is 167 g/mol. The number of hydrogen-bond donors (Lipinski definition) is 0. The summed E-state index contributed by atoms with van der Waals surface area (Å²) >= 11 is 5.68. The van der Waals surface area contributed by atoms with Crippen LogP contribution in [0.5, 0.6) is 0 Å². The number of imidazole rings is 1. The summed E-state index contributed by atoms with van der Waals surface area (Å²) in [4.78, 5) is 8.02. The van der Waals surface area contributed by atoms with Crippen molar-refractivity contribution in [3.63, 3.8) is 0 Å². The summed E-state index contributed by atoms with van der Waals surface area (Å²) in [5.74, 6) is 0. The number of hydrogen-bond acceptors (Lipinski definition) is 2. The van der Waals surface area contributed by atoms with Gasteiger partial charge in [0, 0.05) is 17.5 Å². The lowest BCUT2D eigenvalue weighted by molar-refractivity contribution is 1.21. The molecule has 0 spiro atoms. The van der Waals surface area contributed by atoms with E-state index < -0.39 is 0 Å². The van der Waals surface area contributed by atoms with Gasteiger partial charge in [-0.1, -0.05) is 0 Å². The molecule has 0 aliphatic carbocycles. The van der Waals surface area contributed by atoms with Gasteiger partial charge in [0.15, 0.2) is 12.0 Å². The number of aryl methyl sites for hydroxylation is 1. The van der Waals surface area contributed by atoms with Crippen molar-refractivity contribution < 1.29 is 0 Å². The maximum absolute atomic E-state index is 5.68. The van der Waals surface area contributed by atoms with Gasteiger partial charge in [0.05, 0.1) is 0 Å². The van der Waals surface area contributed by atoms with Gasteiger partial charge in [-0.05, 0) is 19.1 Å². The van der Waals surface area contributed by atoms with Gasteiger partial charge < -0.3 is 0 Å². The van der Waals surface area contributed by atoms with E-state index in [0.717, 1.165) is 11.2 Å². The van der Waals surface area contributed by atoms with Crippen LogP contribution in [0.4, 0.5) is 0 Å². The number of fused-ring (bicyclic) bond motifs is 1. The van der Waals surface area contributed by atoms with E-state index in [2.05, 4.69) is 16.3 Å². The van der Waals surface area contributed by atoms with E-state index >= 15 is 0 Å². The van der Waals surface area contributed by atoms with E-state index in [9.17, 15) is 0 Å². The fourth-order valence-corrected chi connectivity index (χ4v) is 1.09. The molecule has 2 aromatic rings. The van der Waals surface area contributed by atoms with E-state index in [0.29, 0.717) is 5.65 Å². The normalized spacial score (nSPS) is 10.7. The van der Waals surface area contributed by atoms with E-state index in [1.807, 2.05) is 19.1 Å². The molecular formula is C7H5ClN3. The molecule has 0 atom stereocenters. The van der Waals surface area contributed by atoms with Gasteiger partial charge in [0.25, 0.3) is 0 Å². The molecule has 0 N–H and O–H groups in total. The van der Waals surface area contributed by atoms with Gasteiger partial charge >= 0.3 is 0 Å². The maximum atomic E-state index is 5.68. The first-order valence-electron chi connectivity index (χ1n) is 3.17. The molecule has 2 heterocycles. The van der Waals surface area contributed by atoms with E-state index in [-0.39, 0.29) is 0 Å². The van der Waals surface area contributed by atoms with Crippen molar-refractivity contribution in [3.05, 3.63) is 24.2 Å². The summed E-state index contributed by atoms with van der Waals surface area (Å²) in [6.07, 6.45) is 2.57. The summed E-state index contributed by atoms with van der Waals surface area (Å²) < 4.78 is 1.31. The zero-order chi connectivity index (χ0) is 7.84. The molecule has 11 heavy (non-hydrogen) atoms. The molecule has 2 rings (SSSR count). The maximum Gasteiger partial charge on any atom is 0.195 e. The van der Waals surface area contributed by atoms with Crippen LogP contribution in [0.2, 0.25) is 0 Å². The summed E-state index contributed by atoms with van der Waals surface area (Å²) in [6, 6.07) is 3.75. The monoisotopic (exact) mass is 166 g/mol. The van der Waals surface area contributed by atoms with Crippen LogP contribution in [0.3, 0.4) is 0 Å². The Labute approximate surface area is 68.8 Å². The molecule has 0 fully saturated rings. The Balaban J connectivity index is 2.86. The van der Waals surface area contributed by atoms with E-state index in [1.165, 1.54) is 4.09 Å². The predicted octanol–water partition coefficient (Wildman–Crippen LogP) is 1.54. The van der Waals surface area contributed by atoms with Crippen LogP contribution >= 0.6 is 11.8 Å². The minimum absolute atomic E-state index is 0.639. The molecule has 1 radical (unpaired) electrons. The quantitative estimate of drug-likeness (QED) is 0.595. The van der Waals surface area contributed by atoms with Crippen molar-refractivity contribution in [2.75, 3.05) is 0 Å². The second-order valence-corrected chi connectivity index (χ2v) is 2.63. The largest absolute Gasteiger partial charge is 0.232 e. The van der Waals surface area contributed by atoms with Crippen LogP contribution in [0, 0.1) is 13.3 Å². The van der Waals surface area contributed by atoms with Gasteiger partial charge in [0.1, 0.15) is 5.52 Å². The minimum Gasteiger partial charge on any atom is -0.232 e. The zero-order valence-electron chi connectivity index (χ0n) is 5.87. The van der Waals surface area contributed by atoms with Crippen molar-refractivity contribution in [1.29, 1.82) is 0 Å². The minimum atomic E-state index is 0.639. The smallest absolute Gasteiger partial charge is 0.195 e. The summed E-state index contributed by atoms with van der Waals surface area (Å²) in [6.45, 7) is 1.91. The Hall–Kier alpha value is -1.09. The van der Waals surface area contributed by atoms with Gasteiger partial charge in [0.2, 0.25) is 0 Å². The van der Waals surface area contributed by atoms with Gasteiger partial charge in [-0.2, -0.15) is 0 Å². The van der Waals surface area contributed by atoms with Crippen molar-refractivity contribution >= 4 is 22.9 Å². The molecule has 0 unspecified atom stereocenters. The number of rotatable bonds is 0. The Bertz CT molecular complexity index is 393. The van der Waals surface area contributed by atoms with Crippen LogP contribution in [0.1, 0.15) is 5.69 Å². The highest BCUT2D eigenvalue weighted by atomic mass is 35.5. The van der Waals surface area contributed by atoms with E-state index in [1.54, 1.807) is 0 Å². The second-order valence-electron chi connectivity index (χ2n) is 2.29. The number of pyridine rings is 1. The lowest BCUT2D eigenvalue weighted by Gasteiger charge is -1.90. The van der Waals surface area contributed by atoms with Gasteiger partial charge in [-0.3, -0.25) is 0 Å². The SMILES string of the molecule is Cc1ccc2c(n[c]n2Cl)n1. The fraction of sp³-hybridized carbons (Fsp3) is 0.143. The average Bonchev–Trinajstić information content (AvgIpc) is 2.32. The molecule has 4 heteroatoms. The summed E-state index contributed by atoms with van der Waals surface area (Å²) in [7, 11) is 0. The fourth-order valence-electron chi connectivity index (χ4n) is 0.916. The van der Waals surface area contributed by atoms with Crippen LogP contribution in [-0.2, 0) is 0 Å². The highest BCUT2D eigenvalue weighted by Gasteiger charge is 2.00. The Morgan fingerprint density at radius 3 is 3.18 bits per heavy atom. The molecule has 0 aliphatic rings. The van der Waals surface area contributed by atoms with Crippen LogP contribution < -0.4 is 0 Å². The highest BCUT2D eigenvalue weighted by Crippen LogP contribution is 2.10. The van der Waals surface area contributed by atoms with Crippen molar-refractivity contribution in [2.45, 2.75) is 6.92 Å². The van der Waals surface area contributed by atoms with Crippen LogP contribution in [-0.4, -0.2) is 14.1 Å². The predicted molar refractivity (Wildman–Crippen MR) is 42.4 cm³/mol. The lowest BCUT2D eigenvalue weighted by Crippen LogP contribution is -1.82. The molecule has 0 aliphatic heterocycles. The first-order valence-corrected chi connectivity index (χ1v) is 3.51. The third-order valence-corrected chi connectivity index (χ3v) is 1.71. The molecule has 0 aromatic carbocycles. The number of nitrogens with zero attached hydrogens (tertiary/aromatic N) is 3. The van der Waals surface area contributed by atoms with Crippen LogP contribution in [0.15, 0.2) is 12.1 Å². The summed E-state index contributed by atoms with van der Waals surface area (Å²) in [5, 5.41) is 0. The molecule has 0 saturated heterocycles. The molecule has 0 amide bonds. The molecule has 0 saturated carbocycles. The third kappa shape index (κ3) is 0.973. The Morgan fingerprint density at radius 2 is 2.36 bits per heavy atom. The van der Waals surface area contributed by atoms with Crippen molar-refractivity contribution in [3.8, 4) is 0 Å². The van der Waals surface area contributed by atoms with Gasteiger partial charge in [-0.25, -0.2) is 14.1 Å². The second kappa shape index (κ2) is 2.20. The summed E-state index contributed by atoms with van der Waals surface area (Å²) in [5.41, 5.74) is 2.36. The van der Waals surface area contributed by atoms with Gasteiger partial charge in [-0.15, -0.1) is 0 Å². The lowest BCUT2D eigenvalue weighted by atomic mass is 10.4.